The molecule has 1 fully saturated rings. The molecule has 2 N–H and O–H groups in total. The molecule has 0 spiro atoms. The van der Waals surface area contributed by atoms with Gasteiger partial charge in [-0.15, -0.1) is 0 Å². The van der Waals surface area contributed by atoms with Crippen LogP contribution in [-0.2, 0) is 0 Å². The second kappa shape index (κ2) is 6.67. The maximum absolute atomic E-state index is 12.8. The summed E-state index contributed by atoms with van der Waals surface area (Å²) in [5, 5.41) is 11.2. The summed E-state index contributed by atoms with van der Waals surface area (Å²) >= 11 is 0. The minimum atomic E-state index is -0.484. The Labute approximate surface area is 124 Å². The molecule has 0 radical (unpaired) electrons. The summed E-state index contributed by atoms with van der Waals surface area (Å²) in [5.41, 5.74) is 6.37. The summed E-state index contributed by atoms with van der Waals surface area (Å²) in [4.78, 5) is 25.3. The van der Waals surface area contributed by atoms with Crippen LogP contribution in [0.2, 0.25) is 0 Å². The first-order valence-corrected chi connectivity index (χ1v) is 7.31. The van der Waals surface area contributed by atoms with Gasteiger partial charge < -0.3 is 10.6 Å². The fraction of sp³-hybridized carbons (Fsp3) is 0.533. The molecule has 6 heteroatoms. The van der Waals surface area contributed by atoms with E-state index in [1.165, 1.54) is 6.07 Å². The molecule has 0 aliphatic carbocycles. The van der Waals surface area contributed by atoms with Gasteiger partial charge in [0.25, 0.3) is 11.6 Å². The largest absolute Gasteiger partial charge is 0.335 e. The number of nitro benzene ring substituents is 1. The second-order valence-corrected chi connectivity index (χ2v) is 5.45. The number of nitrogens with zero attached hydrogens (tertiary/aromatic N) is 2. The van der Waals surface area contributed by atoms with E-state index in [0.717, 1.165) is 25.7 Å². The van der Waals surface area contributed by atoms with Crippen molar-refractivity contribution in [3.05, 3.63) is 39.4 Å². The molecule has 0 aromatic heterocycles. The minimum Gasteiger partial charge on any atom is -0.335 e. The first kappa shape index (κ1) is 15.4. The van der Waals surface area contributed by atoms with E-state index in [0.29, 0.717) is 18.7 Å². The number of amides is 1. The molecule has 114 valence electrons. The second-order valence-electron chi connectivity index (χ2n) is 5.45. The maximum atomic E-state index is 12.8. The summed E-state index contributed by atoms with van der Waals surface area (Å²) in [5.74, 6) is -0.238. The monoisotopic (exact) mass is 291 g/mol. The highest BCUT2D eigenvalue weighted by molar-refractivity contribution is 5.99. The molecule has 0 saturated carbocycles. The molecule has 1 aromatic rings. The van der Waals surface area contributed by atoms with Crippen molar-refractivity contribution in [2.75, 3.05) is 13.1 Å². The normalized spacial score (nSPS) is 18.6. The summed E-state index contributed by atoms with van der Waals surface area (Å²) in [7, 11) is 0. The number of carbonyl (C=O) groups is 1. The number of benzene rings is 1. The Balaban J connectivity index is 2.36. The van der Waals surface area contributed by atoms with Crippen molar-refractivity contribution >= 4 is 11.6 Å². The summed E-state index contributed by atoms with van der Waals surface area (Å²) < 4.78 is 0. The van der Waals surface area contributed by atoms with Crippen LogP contribution in [0.25, 0.3) is 0 Å². The van der Waals surface area contributed by atoms with Crippen molar-refractivity contribution in [3.8, 4) is 0 Å². The zero-order chi connectivity index (χ0) is 15.4. The molecular weight excluding hydrogens is 270 g/mol. The SMILES string of the molecule is Cc1cccc([N+](=O)[O-])c1C(=O)N1CCCCC1CCN. The van der Waals surface area contributed by atoms with Gasteiger partial charge in [-0.2, -0.15) is 0 Å². The molecular formula is C15H21N3O3. The summed E-state index contributed by atoms with van der Waals surface area (Å²) in [6, 6.07) is 4.83. The Morgan fingerprint density at radius 1 is 1.48 bits per heavy atom. The van der Waals surface area contributed by atoms with Crippen LogP contribution in [0.4, 0.5) is 5.69 Å². The smallest absolute Gasteiger partial charge is 0.282 e. The lowest BCUT2D eigenvalue weighted by Gasteiger charge is -2.36. The topological polar surface area (TPSA) is 89.5 Å². The van der Waals surface area contributed by atoms with Crippen LogP contribution < -0.4 is 5.73 Å². The molecule has 1 aromatic carbocycles. The average Bonchev–Trinajstić information content (AvgIpc) is 2.47. The third kappa shape index (κ3) is 3.21. The summed E-state index contributed by atoms with van der Waals surface area (Å²) in [6.45, 7) is 2.90. The van der Waals surface area contributed by atoms with E-state index in [4.69, 9.17) is 5.73 Å². The van der Waals surface area contributed by atoms with Crippen molar-refractivity contribution in [1.29, 1.82) is 0 Å². The number of hydrogen-bond acceptors (Lipinski definition) is 4. The Bertz CT molecular complexity index is 543. The van der Waals surface area contributed by atoms with E-state index in [-0.39, 0.29) is 23.2 Å². The van der Waals surface area contributed by atoms with Crippen molar-refractivity contribution in [1.82, 2.24) is 4.90 Å². The van der Waals surface area contributed by atoms with E-state index >= 15 is 0 Å². The molecule has 1 aliphatic heterocycles. The number of piperidine rings is 1. The number of rotatable bonds is 4. The minimum absolute atomic E-state index is 0.0930. The zero-order valence-electron chi connectivity index (χ0n) is 12.2. The van der Waals surface area contributed by atoms with Gasteiger partial charge in [-0.05, 0) is 44.7 Å². The number of aryl methyl sites for hydroxylation is 1. The van der Waals surface area contributed by atoms with Crippen molar-refractivity contribution < 1.29 is 9.72 Å². The third-order valence-corrected chi connectivity index (χ3v) is 4.05. The maximum Gasteiger partial charge on any atom is 0.282 e. The van der Waals surface area contributed by atoms with Gasteiger partial charge in [0.05, 0.1) is 4.92 Å². The van der Waals surface area contributed by atoms with Gasteiger partial charge in [-0.1, -0.05) is 12.1 Å². The Hall–Kier alpha value is -1.95. The molecule has 1 unspecified atom stereocenters. The molecule has 1 saturated heterocycles. The third-order valence-electron chi connectivity index (χ3n) is 4.05. The van der Waals surface area contributed by atoms with E-state index in [1.807, 2.05) is 0 Å². The van der Waals surface area contributed by atoms with Gasteiger partial charge in [-0.25, -0.2) is 0 Å². The quantitative estimate of drug-likeness (QED) is 0.680. The van der Waals surface area contributed by atoms with E-state index < -0.39 is 4.92 Å². The number of carbonyl (C=O) groups excluding carboxylic acids is 1. The van der Waals surface area contributed by atoms with Crippen molar-refractivity contribution in [2.24, 2.45) is 5.73 Å². The first-order chi connectivity index (χ1) is 10.1. The van der Waals surface area contributed by atoms with Crippen LogP contribution in [-0.4, -0.2) is 34.9 Å². The van der Waals surface area contributed by atoms with Crippen molar-refractivity contribution in [3.63, 3.8) is 0 Å². The Morgan fingerprint density at radius 3 is 2.90 bits per heavy atom. The Morgan fingerprint density at radius 2 is 2.24 bits per heavy atom. The van der Waals surface area contributed by atoms with Crippen LogP contribution in [0.15, 0.2) is 18.2 Å². The fourth-order valence-electron chi connectivity index (χ4n) is 2.99. The highest BCUT2D eigenvalue weighted by Gasteiger charge is 2.31. The molecule has 1 amide bonds. The van der Waals surface area contributed by atoms with Gasteiger partial charge >= 0.3 is 0 Å². The van der Waals surface area contributed by atoms with Crippen LogP contribution >= 0.6 is 0 Å². The standard InChI is InChI=1S/C15H21N3O3/c1-11-5-4-7-13(18(20)21)14(11)15(19)17-10-3-2-6-12(17)8-9-16/h4-5,7,12H,2-3,6,8-10,16H2,1H3. The lowest BCUT2D eigenvalue weighted by Crippen LogP contribution is -2.45. The molecule has 2 rings (SSSR count). The zero-order valence-corrected chi connectivity index (χ0v) is 12.2. The van der Waals surface area contributed by atoms with Crippen LogP contribution in [0.5, 0.6) is 0 Å². The lowest BCUT2D eigenvalue weighted by molar-refractivity contribution is -0.385. The fourth-order valence-corrected chi connectivity index (χ4v) is 2.99. The van der Waals surface area contributed by atoms with E-state index in [9.17, 15) is 14.9 Å². The van der Waals surface area contributed by atoms with Crippen LogP contribution in [0.3, 0.4) is 0 Å². The van der Waals surface area contributed by atoms with Gasteiger partial charge in [0.1, 0.15) is 5.56 Å². The molecule has 1 heterocycles. The van der Waals surface area contributed by atoms with Crippen molar-refractivity contribution in [2.45, 2.75) is 38.6 Å². The molecule has 1 aliphatic rings. The van der Waals surface area contributed by atoms with Crippen LogP contribution in [0.1, 0.15) is 41.6 Å². The molecule has 0 bridgehead atoms. The number of likely N-dealkylation sites (tertiary alicyclic amines) is 1. The highest BCUT2D eigenvalue weighted by Crippen LogP contribution is 2.27. The van der Waals surface area contributed by atoms with Gasteiger partial charge in [0.15, 0.2) is 0 Å². The molecule has 1 atom stereocenters. The predicted octanol–water partition coefficient (Wildman–Crippen LogP) is 2.25. The highest BCUT2D eigenvalue weighted by atomic mass is 16.6. The Kier molecular flexibility index (Phi) is 4.90. The lowest BCUT2D eigenvalue weighted by atomic mass is 9.96. The number of hydrogen-bond donors (Lipinski definition) is 1. The van der Waals surface area contributed by atoms with Gasteiger partial charge in [0.2, 0.25) is 0 Å². The van der Waals surface area contributed by atoms with Crippen LogP contribution in [0, 0.1) is 17.0 Å². The molecule has 6 nitrogen and oxygen atoms in total. The predicted molar refractivity (Wildman–Crippen MR) is 80.2 cm³/mol. The number of nitro groups is 1. The van der Waals surface area contributed by atoms with Gasteiger partial charge in [-0.3, -0.25) is 14.9 Å². The van der Waals surface area contributed by atoms with E-state index in [1.54, 1.807) is 24.0 Å². The average molecular weight is 291 g/mol. The summed E-state index contributed by atoms with van der Waals surface area (Å²) in [6.07, 6.45) is 3.67. The molecule has 21 heavy (non-hydrogen) atoms. The first-order valence-electron chi connectivity index (χ1n) is 7.31. The van der Waals surface area contributed by atoms with E-state index in [2.05, 4.69) is 0 Å². The van der Waals surface area contributed by atoms with Gasteiger partial charge in [0, 0.05) is 18.7 Å². The number of nitrogens with two attached hydrogens (primary N) is 1.